The molecule has 4 unspecified atom stereocenters. The molecule has 0 saturated carbocycles. The molecule has 4 atom stereocenters. The summed E-state index contributed by atoms with van der Waals surface area (Å²) in [5, 5.41) is 0. The van der Waals surface area contributed by atoms with E-state index in [-0.39, 0.29) is 74.0 Å². The second-order valence-corrected chi connectivity index (χ2v) is 14.8. The lowest BCUT2D eigenvalue weighted by Gasteiger charge is -2.28. The van der Waals surface area contributed by atoms with Crippen LogP contribution in [0.2, 0.25) is 0 Å². The van der Waals surface area contributed by atoms with Crippen LogP contribution in [0.1, 0.15) is 132 Å². The van der Waals surface area contributed by atoms with Gasteiger partial charge in [0.15, 0.2) is 0 Å². The minimum Gasteiger partial charge on any atom is -0.465 e. The fourth-order valence-corrected chi connectivity index (χ4v) is 5.86. The third-order valence-corrected chi connectivity index (χ3v) is 10.5. The molecule has 0 heterocycles. The first kappa shape index (κ1) is 46.9. The van der Waals surface area contributed by atoms with E-state index in [0.29, 0.717) is 77.8 Å². The molecule has 0 aliphatic carbocycles. The average Bonchev–Trinajstić information content (AvgIpc) is 3.11. The van der Waals surface area contributed by atoms with Crippen LogP contribution in [-0.4, -0.2) is 85.8 Å². The van der Waals surface area contributed by atoms with Crippen LogP contribution >= 0.6 is 0 Å². The van der Waals surface area contributed by atoms with E-state index in [1.165, 1.54) is 0 Å². The Morgan fingerprint density at radius 3 is 0.735 bits per heavy atom. The Morgan fingerprint density at radius 1 is 0.367 bits per heavy atom. The Morgan fingerprint density at radius 2 is 0.551 bits per heavy atom. The van der Waals surface area contributed by atoms with Crippen LogP contribution in [0.3, 0.4) is 0 Å². The molecule has 0 aromatic rings. The summed E-state index contributed by atoms with van der Waals surface area (Å²) in [7, 11) is -3.65. The van der Waals surface area contributed by atoms with Gasteiger partial charge < -0.3 is 36.7 Å². The van der Waals surface area contributed by atoms with Crippen LogP contribution in [0.25, 0.3) is 0 Å². The molecule has 12 nitrogen and oxygen atoms in total. The van der Waals surface area contributed by atoms with E-state index in [1.807, 2.05) is 55.4 Å². The summed E-state index contributed by atoms with van der Waals surface area (Å²) in [4.78, 5) is 48.1. The molecule has 0 fully saturated rings. The maximum Gasteiger partial charge on any atom is 0.679 e. The van der Waals surface area contributed by atoms with Crippen molar-refractivity contribution in [2.45, 2.75) is 132 Å². The van der Waals surface area contributed by atoms with Gasteiger partial charge in [0.2, 0.25) is 0 Å². The van der Waals surface area contributed by atoms with Crippen molar-refractivity contribution in [1.82, 2.24) is 0 Å². The zero-order chi connectivity index (χ0) is 36.9. The minimum absolute atomic E-state index is 0.137. The summed E-state index contributed by atoms with van der Waals surface area (Å²) in [5.74, 6) is -1.37. The van der Waals surface area contributed by atoms with Crippen molar-refractivity contribution in [2.24, 2.45) is 23.7 Å². The van der Waals surface area contributed by atoms with Crippen molar-refractivity contribution in [1.29, 1.82) is 0 Å². The van der Waals surface area contributed by atoms with Crippen LogP contribution in [-0.2, 0) is 55.8 Å². The molecule has 0 saturated heterocycles. The maximum absolute atomic E-state index is 12.0. The predicted molar refractivity (Wildman–Crippen MR) is 188 cm³/mol. The molecule has 13 heteroatoms. The monoisotopic (exact) mass is 720 g/mol. The first-order chi connectivity index (χ1) is 23.5. The highest BCUT2D eigenvalue weighted by molar-refractivity contribution is 6.53. The zero-order valence-electron chi connectivity index (χ0n) is 31.9. The standard InChI is InChI=1S/C36H68O12Si/c1-9-29(5)33(37)41-21-13-17-25-45-49(46-26-18-14-22-42-34(38)30(6)10-2,47-27-19-15-23-43-35(39)31(7)11-3)48-28-20-16-24-44-36(40)32(8)12-4/h29-32H,9-28H2,1-8H3. The molecule has 0 spiro atoms. The van der Waals surface area contributed by atoms with Crippen LogP contribution in [0, 0.1) is 23.7 Å². The summed E-state index contributed by atoms with van der Waals surface area (Å²) in [6.45, 7) is 17.5. The molecule has 288 valence electrons. The van der Waals surface area contributed by atoms with Gasteiger partial charge in [-0.3, -0.25) is 19.2 Å². The molecular formula is C36H68O12Si. The summed E-state index contributed by atoms with van der Waals surface area (Å²) < 4.78 is 46.5. The smallest absolute Gasteiger partial charge is 0.465 e. The van der Waals surface area contributed by atoms with Gasteiger partial charge in [0.1, 0.15) is 0 Å². The van der Waals surface area contributed by atoms with E-state index >= 15 is 0 Å². The maximum atomic E-state index is 12.0. The number of esters is 4. The summed E-state index contributed by atoms with van der Waals surface area (Å²) in [6, 6.07) is 0. The van der Waals surface area contributed by atoms with Crippen LogP contribution < -0.4 is 0 Å². The second-order valence-electron chi connectivity index (χ2n) is 12.6. The number of hydrogen-bond donors (Lipinski definition) is 0. The number of ether oxygens (including phenoxy) is 4. The Labute approximate surface area is 297 Å². The molecule has 0 amide bonds. The lowest BCUT2D eigenvalue weighted by Crippen LogP contribution is -2.50. The van der Waals surface area contributed by atoms with E-state index in [9.17, 15) is 19.2 Å². The third-order valence-electron chi connectivity index (χ3n) is 8.31. The number of hydrogen-bond acceptors (Lipinski definition) is 12. The minimum atomic E-state index is -3.65. The number of rotatable bonds is 32. The number of carbonyl (C=O) groups is 4. The number of carbonyl (C=O) groups excluding carboxylic acids is 4. The summed E-state index contributed by atoms with van der Waals surface area (Å²) >= 11 is 0. The zero-order valence-corrected chi connectivity index (χ0v) is 32.9. The van der Waals surface area contributed by atoms with Gasteiger partial charge in [-0.1, -0.05) is 55.4 Å². The SMILES string of the molecule is CCC(C)C(=O)OCCCCO[Si](OCCCCOC(=O)C(C)CC)(OCCCCOC(=O)C(C)CC)OCCCCOC(=O)C(C)CC. The molecule has 0 aliphatic heterocycles. The van der Waals surface area contributed by atoms with Crippen molar-refractivity contribution in [2.75, 3.05) is 52.9 Å². The lowest BCUT2D eigenvalue weighted by molar-refractivity contribution is -0.149. The Balaban J connectivity index is 5.30. The van der Waals surface area contributed by atoms with E-state index < -0.39 is 9.05 Å². The normalized spacial score (nSPS) is 15.0. The van der Waals surface area contributed by atoms with E-state index in [4.69, 9.17) is 36.7 Å². The average molecular weight is 721 g/mol. The molecule has 49 heavy (non-hydrogen) atoms. The Hall–Kier alpha value is -2.06. The molecule has 0 aromatic heterocycles. The highest BCUT2D eigenvalue weighted by Crippen LogP contribution is 2.17. The van der Waals surface area contributed by atoms with Gasteiger partial charge >= 0.3 is 32.9 Å². The first-order valence-corrected chi connectivity index (χ1v) is 20.3. The molecule has 0 N–H and O–H groups in total. The van der Waals surface area contributed by atoms with Gasteiger partial charge in [0.25, 0.3) is 0 Å². The summed E-state index contributed by atoms with van der Waals surface area (Å²) in [5.41, 5.74) is 0. The predicted octanol–water partition coefficient (Wildman–Crippen LogP) is 6.97. The largest absolute Gasteiger partial charge is 0.679 e. The molecule has 0 aliphatic rings. The van der Waals surface area contributed by atoms with Crippen LogP contribution in [0.15, 0.2) is 0 Å². The first-order valence-electron chi connectivity index (χ1n) is 18.7. The van der Waals surface area contributed by atoms with Gasteiger partial charge in [-0.25, -0.2) is 0 Å². The molecule has 0 rings (SSSR count). The van der Waals surface area contributed by atoms with Crippen molar-refractivity contribution >= 4 is 32.9 Å². The van der Waals surface area contributed by atoms with Gasteiger partial charge in [-0.2, -0.15) is 0 Å². The van der Waals surface area contributed by atoms with Gasteiger partial charge in [0.05, 0.1) is 50.1 Å². The van der Waals surface area contributed by atoms with Gasteiger partial charge in [-0.15, -0.1) is 0 Å². The highest BCUT2D eigenvalue weighted by Gasteiger charge is 2.45. The molecular weight excluding hydrogens is 652 g/mol. The van der Waals surface area contributed by atoms with Crippen molar-refractivity contribution < 1.29 is 55.8 Å². The fraction of sp³-hybridized carbons (Fsp3) is 0.889. The topological polar surface area (TPSA) is 142 Å². The molecule has 0 radical (unpaired) electrons. The van der Waals surface area contributed by atoms with Crippen LogP contribution in [0.4, 0.5) is 0 Å². The van der Waals surface area contributed by atoms with Crippen molar-refractivity contribution in [3.8, 4) is 0 Å². The lowest BCUT2D eigenvalue weighted by atomic mass is 10.1. The summed E-state index contributed by atoms with van der Waals surface area (Å²) in [6.07, 6.45) is 7.73. The van der Waals surface area contributed by atoms with Crippen LogP contribution in [0.5, 0.6) is 0 Å². The highest BCUT2D eigenvalue weighted by atomic mass is 28.4. The van der Waals surface area contributed by atoms with Crippen molar-refractivity contribution in [3.05, 3.63) is 0 Å². The molecule has 0 bridgehead atoms. The van der Waals surface area contributed by atoms with Gasteiger partial charge in [-0.05, 0) is 77.0 Å². The third kappa shape index (κ3) is 23.1. The Kier molecular flexibility index (Phi) is 28.4. The van der Waals surface area contributed by atoms with E-state index in [0.717, 1.165) is 25.7 Å². The second kappa shape index (κ2) is 29.6. The number of unbranched alkanes of at least 4 members (excludes halogenated alkanes) is 4. The fourth-order valence-electron chi connectivity index (χ4n) is 3.78. The quantitative estimate of drug-likeness (QED) is 0.0307. The van der Waals surface area contributed by atoms with Gasteiger partial charge in [0, 0.05) is 26.4 Å². The molecule has 0 aromatic carbocycles. The van der Waals surface area contributed by atoms with Crippen molar-refractivity contribution in [3.63, 3.8) is 0 Å². The Bertz CT molecular complexity index is 745. The van der Waals surface area contributed by atoms with E-state index in [2.05, 4.69) is 0 Å². The van der Waals surface area contributed by atoms with E-state index in [1.54, 1.807) is 0 Å².